The summed E-state index contributed by atoms with van der Waals surface area (Å²) in [6, 6.07) is 5.05. The molecule has 0 bridgehead atoms. The Bertz CT molecular complexity index is 1200. The highest BCUT2D eigenvalue weighted by Crippen LogP contribution is 2.46. The average molecular weight is 504 g/mol. The second kappa shape index (κ2) is 9.48. The van der Waals surface area contributed by atoms with Gasteiger partial charge in [-0.15, -0.1) is 0 Å². The monoisotopic (exact) mass is 504 g/mol. The molecule has 1 fully saturated rings. The first kappa shape index (κ1) is 25.5. The summed E-state index contributed by atoms with van der Waals surface area (Å²) in [7, 11) is 3.58. The molecule has 1 aliphatic heterocycles. The predicted molar refractivity (Wildman–Crippen MR) is 124 cm³/mol. The number of imide groups is 1. The van der Waals surface area contributed by atoms with E-state index in [9.17, 15) is 31.9 Å². The quantitative estimate of drug-likeness (QED) is 0.475. The predicted octanol–water partition coefficient (Wildman–Crippen LogP) is 3.41. The number of benzene rings is 1. The van der Waals surface area contributed by atoms with Crippen LogP contribution in [-0.4, -0.2) is 61.5 Å². The number of ether oxygens (including phenoxy) is 1. The molecule has 2 aliphatic carbocycles. The third-order valence-electron chi connectivity index (χ3n) is 6.31. The van der Waals surface area contributed by atoms with Gasteiger partial charge in [0.15, 0.2) is 0 Å². The molecule has 1 radical (unpaired) electrons. The van der Waals surface area contributed by atoms with Crippen molar-refractivity contribution in [1.29, 1.82) is 0 Å². The van der Waals surface area contributed by atoms with Crippen LogP contribution in [0.4, 0.5) is 28.0 Å². The molecule has 7 nitrogen and oxygen atoms in total. The van der Waals surface area contributed by atoms with E-state index in [0.29, 0.717) is 27.5 Å². The molecule has 0 aromatic heterocycles. The van der Waals surface area contributed by atoms with Crippen molar-refractivity contribution in [3.8, 4) is 0 Å². The molecule has 1 heterocycles. The van der Waals surface area contributed by atoms with Gasteiger partial charge in [-0.3, -0.25) is 9.59 Å². The summed E-state index contributed by atoms with van der Waals surface area (Å²) in [5.74, 6) is -2.85. The standard InChI is InChI=1S/C24H23BF4N3O4/c1-14-8-15(2-3-17(26)9-14)11-31(13-24(27,28)29)20(33)12-32-21(34)23(36-22(32)35)7-6-16-10-18(30-25)4-5-19(16)23/h2-5,8-10,14,25,30H,6-7,11-13H2,1H3. The lowest BCUT2D eigenvalue weighted by Crippen LogP contribution is -2.47. The van der Waals surface area contributed by atoms with Gasteiger partial charge in [-0.1, -0.05) is 25.1 Å². The second-order valence-electron chi connectivity index (χ2n) is 8.99. The highest BCUT2D eigenvalue weighted by molar-refractivity contribution is 6.16. The van der Waals surface area contributed by atoms with Crippen LogP contribution in [0.5, 0.6) is 0 Å². The van der Waals surface area contributed by atoms with Gasteiger partial charge in [-0.2, -0.15) is 13.2 Å². The lowest BCUT2D eigenvalue weighted by atomic mass is 9.94. The molecular formula is C24H23BF4N3O4. The maximum atomic E-state index is 13.7. The van der Waals surface area contributed by atoms with Crippen LogP contribution in [0.1, 0.15) is 24.5 Å². The van der Waals surface area contributed by atoms with E-state index in [1.54, 1.807) is 25.1 Å². The molecule has 1 spiro atoms. The largest absolute Gasteiger partial charge is 0.435 e. The molecule has 1 aromatic rings. The second-order valence-corrected chi connectivity index (χ2v) is 8.99. The summed E-state index contributed by atoms with van der Waals surface area (Å²) in [6.45, 7) is -1.35. The van der Waals surface area contributed by atoms with Crippen molar-refractivity contribution in [2.75, 3.05) is 24.9 Å². The molecule has 3 amide bonds. The summed E-state index contributed by atoms with van der Waals surface area (Å²) in [5, 5.41) is 2.74. The molecule has 189 valence electrons. The lowest BCUT2D eigenvalue weighted by Gasteiger charge is -2.26. The SMILES string of the molecule is [BH]Nc1ccc2c(c1)CCC21OC(=O)N(CC(=O)N(CC2=CC(C)C=C(F)C=C2)CC(F)(F)F)C1=O. The Labute approximate surface area is 205 Å². The van der Waals surface area contributed by atoms with E-state index in [1.165, 1.54) is 18.2 Å². The van der Waals surface area contributed by atoms with Crippen LogP contribution in [0.15, 0.2) is 53.9 Å². The topological polar surface area (TPSA) is 79.0 Å². The first-order chi connectivity index (χ1) is 16.9. The number of hydrogen-bond acceptors (Lipinski definition) is 5. The Balaban J connectivity index is 1.55. The highest BCUT2D eigenvalue weighted by atomic mass is 19.4. The van der Waals surface area contributed by atoms with Crippen molar-refractivity contribution >= 4 is 31.6 Å². The van der Waals surface area contributed by atoms with Crippen molar-refractivity contribution in [1.82, 2.24) is 9.80 Å². The van der Waals surface area contributed by atoms with Crippen molar-refractivity contribution in [3.05, 3.63) is 65.0 Å². The number of fused-ring (bicyclic) bond motifs is 2. The number of alkyl halides is 3. The molecule has 0 saturated carbocycles. The summed E-state index contributed by atoms with van der Waals surface area (Å²) < 4.78 is 59.0. The zero-order chi connectivity index (χ0) is 26.3. The average Bonchev–Trinajstić information content (AvgIpc) is 3.21. The number of anilines is 1. The molecule has 36 heavy (non-hydrogen) atoms. The van der Waals surface area contributed by atoms with Gasteiger partial charge < -0.3 is 14.9 Å². The zero-order valence-electron chi connectivity index (χ0n) is 19.4. The van der Waals surface area contributed by atoms with Crippen LogP contribution in [0.2, 0.25) is 0 Å². The number of carbonyl (C=O) groups excluding carboxylic acids is 3. The Morgan fingerprint density at radius 3 is 2.72 bits per heavy atom. The van der Waals surface area contributed by atoms with Gasteiger partial charge >= 0.3 is 12.3 Å². The van der Waals surface area contributed by atoms with E-state index in [2.05, 4.69) is 13.2 Å². The number of carbonyl (C=O) groups is 3. The minimum Gasteiger partial charge on any atom is -0.435 e. The van der Waals surface area contributed by atoms with Crippen LogP contribution in [-0.2, 0) is 26.3 Å². The Morgan fingerprint density at radius 2 is 2.03 bits per heavy atom. The van der Waals surface area contributed by atoms with Crippen molar-refractivity contribution in [2.45, 2.75) is 31.5 Å². The zero-order valence-corrected chi connectivity index (χ0v) is 19.4. The third-order valence-corrected chi connectivity index (χ3v) is 6.31. The maximum absolute atomic E-state index is 13.7. The number of amides is 3. The van der Waals surface area contributed by atoms with E-state index in [-0.39, 0.29) is 12.0 Å². The molecule has 12 heteroatoms. The number of halogens is 4. The van der Waals surface area contributed by atoms with Gasteiger partial charge in [0.1, 0.15) is 18.9 Å². The number of rotatable bonds is 6. The molecule has 2 atom stereocenters. The normalized spacial score (nSPS) is 23.2. The highest BCUT2D eigenvalue weighted by Gasteiger charge is 2.58. The molecule has 1 N–H and O–H groups in total. The van der Waals surface area contributed by atoms with Gasteiger partial charge in [0.2, 0.25) is 19.5 Å². The van der Waals surface area contributed by atoms with Crippen LogP contribution < -0.4 is 5.23 Å². The molecule has 3 aliphatic rings. The fourth-order valence-electron chi connectivity index (χ4n) is 4.71. The summed E-state index contributed by atoms with van der Waals surface area (Å²) in [6.07, 6.45) is -0.0402. The van der Waals surface area contributed by atoms with Gasteiger partial charge in [-0.05, 0) is 47.8 Å². The summed E-state index contributed by atoms with van der Waals surface area (Å²) >= 11 is 0. The lowest BCUT2D eigenvalue weighted by molar-refractivity contribution is -0.161. The fourth-order valence-corrected chi connectivity index (χ4v) is 4.71. The van der Waals surface area contributed by atoms with E-state index < -0.39 is 61.1 Å². The van der Waals surface area contributed by atoms with Crippen molar-refractivity contribution in [3.63, 3.8) is 0 Å². The van der Waals surface area contributed by atoms with Gasteiger partial charge in [0, 0.05) is 24.2 Å². The van der Waals surface area contributed by atoms with Crippen LogP contribution >= 0.6 is 0 Å². The van der Waals surface area contributed by atoms with Crippen LogP contribution in [0.3, 0.4) is 0 Å². The smallest absolute Gasteiger partial charge is 0.418 e. The van der Waals surface area contributed by atoms with E-state index in [0.717, 1.165) is 11.6 Å². The van der Waals surface area contributed by atoms with Gasteiger partial charge in [0.05, 0.1) is 0 Å². The Morgan fingerprint density at radius 1 is 1.28 bits per heavy atom. The molecule has 1 saturated heterocycles. The Kier molecular flexibility index (Phi) is 6.72. The molecule has 1 aromatic carbocycles. The number of nitrogens with zero attached hydrogens (tertiary/aromatic N) is 2. The van der Waals surface area contributed by atoms with Gasteiger partial charge in [0.25, 0.3) is 5.91 Å². The summed E-state index contributed by atoms with van der Waals surface area (Å²) in [4.78, 5) is 40.0. The molecular weight excluding hydrogens is 481 g/mol. The van der Waals surface area contributed by atoms with Crippen molar-refractivity contribution < 1.29 is 36.7 Å². The van der Waals surface area contributed by atoms with Crippen molar-refractivity contribution in [2.24, 2.45) is 5.92 Å². The third kappa shape index (κ3) is 5.03. The first-order valence-corrected chi connectivity index (χ1v) is 11.2. The minimum absolute atomic E-state index is 0.151. The summed E-state index contributed by atoms with van der Waals surface area (Å²) in [5.41, 5.74) is 0.601. The Hall–Kier alpha value is -3.57. The molecule has 2 unspecified atom stereocenters. The van der Waals surface area contributed by atoms with E-state index in [4.69, 9.17) is 4.74 Å². The molecule has 4 rings (SSSR count). The van der Waals surface area contributed by atoms with Crippen LogP contribution in [0.25, 0.3) is 0 Å². The number of allylic oxidation sites excluding steroid dienone is 4. The number of hydrogen-bond donors (Lipinski definition) is 1. The number of nitrogens with one attached hydrogen (secondary N) is 1. The first-order valence-electron chi connectivity index (χ1n) is 11.2. The van der Waals surface area contributed by atoms with Crippen LogP contribution in [0, 0.1) is 5.92 Å². The minimum atomic E-state index is -4.74. The van der Waals surface area contributed by atoms with Gasteiger partial charge in [-0.25, -0.2) is 14.1 Å². The fraction of sp³-hybridized carbons (Fsp3) is 0.375. The van der Waals surface area contributed by atoms with E-state index in [1.807, 2.05) is 0 Å². The number of aryl methyl sites for hydroxylation is 1. The maximum Gasteiger partial charge on any atom is 0.418 e. The van der Waals surface area contributed by atoms with E-state index >= 15 is 0 Å².